The molecule has 0 aliphatic carbocycles. The molecule has 0 radical (unpaired) electrons. The molecule has 0 saturated carbocycles. The highest BCUT2D eigenvalue weighted by Crippen LogP contribution is 2.18. The Morgan fingerprint density at radius 2 is 2.14 bits per heavy atom. The van der Waals surface area contributed by atoms with Gasteiger partial charge in [0.1, 0.15) is 0 Å². The molecular formula is C16H21NO4S. The summed E-state index contributed by atoms with van der Waals surface area (Å²) in [6.45, 7) is 3.01. The number of rotatable bonds is 7. The zero-order chi connectivity index (χ0) is 15.8. The second-order valence-electron chi connectivity index (χ2n) is 5.20. The molecule has 6 heteroatoms. The van der Waals surface area contributed by atoms with Gasteiger partial charge in [-0.3, -0.25) is 9.59 Å². The Kier molecular flexibility index (Phi) is 6.74. The fraction of sp³-hybridized carbons (Fsp3) is 0.500. The second-order valence-corrected chi connectivity index (χ2v) is 6.25. The molecular weight excluding hydrogens is 302 g/mol. The lowest BCUT2D eigenvalue weighted by molar-refractivity contribution is -0.146. The van der Waals surface area contributed by atoms with Gasteiger partial charge in [0.05, 0.1) is 11.9 Å². The molecule has 0 unspecified atom stereocenters. The van der Waals surface area contributed by atoms with Crippen molar-refractivity contribution in [2.24, 2.45) is 0 Å². The van der Waals surface area contributed by atoms with Crippen molar-refractivity contribution in [3.8, 4) is 0 Å². The van der Waals surface area contributed by atoms with E-state index in [9.17, 15) is 9.59 Å². The third-order valence-electron chi connectivity index (χ3n) is 3.29. The minimum atomic E-state index is -0.391. The topological polar surface area (TPSA) is 64.6 Å². The van der Waals surface area contributed by atoms with Crippen LogP contribution in [0.1, 0.15) is 18.4 Å². The number of thioether (sulfide) groups is 1. The molecule has 2 rings (SSSR count). The van der Waals surface area contributed by atoms with E-state index in [-0.39, 0.29) is 24.4 Å². The number of hydrogen-bond acceptors (Lipinski definition) is 5. The quantitative estimate of drug-likeness (QED) is 0.613. The Bertz CT molecular complexity index is 497. The summed E-state index contributed by atoms with van der Waals surface area (Å²) in [7, 11) is 0. The van der Waals surface area contributed by atoms with Gasteiger partial charge in [0.25, 0.3) is 5.91 Å². The number of carbonyl (C=O) groups is 2. The first-order chi connectivity index (χ1) is 10.6. The highest BCUT2D eigenvalue weighted by atomic mass is 32.2. The lowest BCUT2D eigenvalue weighted by Crippen LogP contribution is -2.35. The van der Waals surface area contributed by atoms with E-state index in [1.807, 2.05) is 31.2 Å². The second kappa shape index (κ2) is 8.80. The van der Waals surface area contributed by atoms with Crippen LogP contribution in [0.2, 0.25) is 0 Å². The molecule has 1 atom stereocenters. The van der Waals surface area contributed by atoms with Crippen LogP contribution < -0.4 is 5.32 Å². The van der Waals surface area contributed by atoms with Gasteiger partial charge in [-0.05, 0) is 31.9 Å². The maximum Gasteiger partial charge on any atom is 0.316 e. The highest BCUT2D eigenvalue weighted by Gasteiger charge is 2.16. The standard InChI is InChI=1S/C16H21NO4S/c1-12-4-6-14(7-5-12)22-11-16(19)21-10-15(18)17-9-13-3-2-8-20-13/h4-7,13H,2-3,8-11H2,1H3,(H,17,18)/t13-/m1/s1. The Labute approximate surface area is 134 Å². The number of hydrogen-bond donors (Lipinski definition) is 1. The number of carbonyl (C=O) groups excluding carboxylic acids is 2. The molecule has 5 nitrogen and oxygen atoms in total. The summed E-state index contributed by atoms with van der Waals surface area (Å²) in [6.07, 6.45) is 2.09. The highest BCUT2D eigenvalue weighted by molar-refractivity contribution is 8.00. The fourth-order valence-corrected chi connectivity index (χ4v) is 2.74. The van der Waals surface area contributed by atoms with Crippen LogP contribution in [-0.4, -0.2) is 43.5 Å². The Balaban J connectivity index is 1.58. The van der Waals surface area contributed by atoms with E-state index in [2.05, 4.69) is 5.32 Å². The van der Waals surface area contributed by atoms with Crippen LogP contribution in [0.3, 0.4) is 0 Å². The first kappa shape index (κ1) is 16.8. The number of benzene rings is 1. The molecule has 0 spiro atoms. The Morgan fingerprint density at radius 1 is 1.36 bits per heavy atom. The largest absolute Gasteiger partial charge is 0.455 e. The van der Waals surface area contributed by atoms with Crippen molar-refractivity contribution >= 4 is 23.6 Å². The van der Waals surface area contributed by atoms with Crippen molar-refractivity contribution in [2.75, 3.05) is 25.5 Å². The average Bonchev–Trinajstić information content (AvgIpc) is 3.04. The molecule has 1 aliphatic rings. The predicted octanol–water partition coefficient (Wildman–Crippen LogP) is 1.93. The Hall–Kier alpha value is -1.53. The van der Waals surface area contributed by atoms with E-state index in [1.165, 1.54) is 17.3 Å². The number of ether oxygens (including phenoxy) is 2. The van der Waals surface area contributed by atoms with Crippen molar-refractivity contribution in [2.45, 2.75) is 30.8 Å². The summed E-state index contributed by atoms with van der Waals surface area (Å²) in [5, 5.41) is 2.71. The average molecular weight is 323 g/mol. The molecule has 1 aliphatic heterocycles. The lowest BCUT2D eigenvalue weighted by atomic mass is 10.2. The maximum absolute atomic E-state index is 11.6. The van der Waals surface area contributed by atoms with Crippen molar-refractivity contribution in [3.05, 3.63) is 29.8 Å². The van der Waals surface area contributed by atoms with Gasteiger partial charge in [-0.2, -0.15) is 0 Å². The zero-order valence-electron chi connectivity index (χ0n) is 12.7. The molecule has 22 heavy (non-hydrogen) atoms. The first-order valence-electron chi connectivity index (χ1n) is 7.37. The van der Waals surface area contributed by atoms with E-state index < -0.39 is 5.97 Å². The van der Waals surface area contributed by atoms with Crippen LogP contribution >= 0.6 is 11.8 Å². The third kappa shape index (κ3) is 6.07. The van der Waals surface area contributed by atoms with Gasteiger partial charge in [0.15, 0.2) is 6.61 Å². The molecule has 1 amide bonds. The van der Waals surface area contributed by atoms with Gasteiger partial charge >= 0.3 is 5.97 Å². The van der Waals surface area contributed by atoms with Crippen LogP contribution in [0.15, 0.2) is 29.2 Å². The van der Waals surface area contributed by atoms with Crippen LogP contribution in [0, 0.1) is 6.92 Å². The van der Waals surface area contributed by atoms with Gasteiger partial charge in [0, 0.05) is 18.0 Å². The molecule has 1 heterocycles. The van der Waals surface area contributed by atoms with Gasteiger partial charge in [-0.1, -0.05) is 17.7 Å². The summed E-state index contributed by atoms with van der Waals surface area (Å²) in [6, 6.07) is 7.90. The zero-order valence-corrected chi connectivity index (χ0v) is 13.5. The van der Waals surface area contributed by atoms with Crippen LogP contribution in [0.4, 0.5) is 0 Å². The SMILES string of the molecule is Cc1ccc(SCC(=O)OCC(=O)NC[C@H]2CCCO2)cc1. The number of aryl methyl sites for hydroxylation is 1. The number of esters is 1. The van der Waals surface area contributed by atoms with Crippen LogP contribution in [0.25, 0.3) is 0 Å². The van der Waals surface area contributed by atoms with Crippen molar-refractivity contribution in [3.63, 3.8) is 0 Å². The summed E-state index contributed by atoms with van der Waals surface area (Å²) in [5.41, 5.74) is 1.18. The normalized spacial score (nSPS) is 17.2. The van der Waals surface area contributed by atoms with Crippen LogP contribution in [0.5, 0.6) is 0 Å². The minimum Gasteiger partial charge on any atom is -0.455 e. The van der Waals surface area contributed by atoms with Gasteiger partial charge < -0.3 is 14.8 Å². The number of amides is 1. The minimum absolute atomic E-state index is 0.0942. The first-order valence-corrected chi connectivity index (χ1v) is 8.35. The lowest BCUT2D eigenvalue weighted by Gasteiger charge is -2.10. The van der Waals surface area contributed by atoms with E-state index >= 15 is 0 Å². The smallest absolute Gasteiger partial charge is 0.316 e. The summed E-state index contributed by atoms with van der Waals surface area (Å²) < 4.78 is 10.4. The molecule has 1 N–H and O–H groups in total. The van der Waals surface area contributed by atoms with Gasteiger partial charge in [-0.15, -0.1) is 11.8 Å². The third-order valence-corrected chi connectivity index (χ3v) is 4.28. The summed E-state index contributed by atoms with van der Waals surface area (Å²) in [4.78, 5) is 24.2. The van der Waals surface area contributed by atoms with E-state index in [1.54, 1.807) is 0 Å². The molecule has 0 bridgehead atoms. The monoisotopic (exact) mass is 323 g/mol. The molecule has 1 fully saturated rings. The maximum atomic E-state index is 11.6. The summed E-state index contributed by atoms with van der Waals surface area (Å²) >= 11 is 1.40. The van der Waals surface area contributed by atoms with Gasteiger partial charge in [-0.25, -0.2) is 0 Å². The molecule has 1 saturated heterocycles. The molecule has 1 aromatic rings. The van der Waals surface area contributed by atoms with Crippen molar-refractivity contribution in [1.82, 2.24) is 5.32 Å². The van der Waals surface area contributed by atoms with Crippen molar-refractivity contribution < 1.29 is 19.1 Å². The summed E-state index contributed by atoms with van der Waals surface area (Å²) in [5.74, 6) is -0.482. The Morgan fingerprint density at radius 3 is 2.82 bits per heavy atom. The van der Waals surface area contributed by atoms with Crippen LogP contribution in [-0.2, 0) is 19.1 Å². The molecule has 1 aromatic carbocycles. The molecule has 120 valence electrons. The van der Waals surface area contributed by atoms with Gasteiger partial charge in [0.2, 0.25) is 0 Å². The molecule has 0 aromatic heterocycles. The van der Waals surface area contributed by atoms with E-state index in [4.69, 9.17) is 9.47 Å². The van der Waals surface area contributed by atoms with E-state index in [0.29, 0.717) is 6.54 Å². The fourth-order valence-electron chi connectivity index (χ4n) is 2.05. The predicted molar refractivity (Wildman–Crippen MR) is 84.8 cm³/mol. The number of nitrogens with one attached hydrogen (secondary N) is 1. The van der Waals surface area contributed by atoms with E-state index in [0.717, 1.165) is 24.3 Å². The van der Waals surface area contributed by atoms with Crippen molar-refractivity contribution in [1.29, 1.82) is 0 Å².